The molecule has 0 spiro atoms. The van der Waals surface area contributed by atoms with Crippen LogP contribution in [0.15, 0.2) is 18.2 Å². The van der Waals surface area contributed by atoms with E-state index in [-0.39, 0.29) is 0 Å². The van der Waals surface area contributed by atoms with Crippen molar-refractivity contribution in [3.63, 3.8) is 0 Å². The molecule has 21 heavy (non-hydrogen) atoms. The first kappa shape index (κ1) is 18.0. The van der Waals surface area contributed by atoms with E-state index in [9.17, 15) is 0 Å². The molecule has 2 heteroatoms. The SMILES string of the molecule is CCCNC(C)CCCCOc1cc(C)ccc1C(C)C. The Morgan fingerprint density at radius 1 is 1.14 bits per heavy atom. The molecule has 0 bridgehead atoms. The van der Waals surface area contributed by atoms with Crippen LogP contribution in [0.1, 0.15) is 70.4 Å². The van der Waals surface area contributed by atoms with Crippen molar-refractivity contribution >= 4 is 0 Å². The first-order chi connectivity index (χ1) is 10.0. The lowest BCUT2D eigenvalue weighted by atomic mass is 10.0. The van der Waals surface area contributed by atoms with Crippen molar-refractivity contribution in [2.45, 2.75) is 72.3 Å². The molecule has 1 unspecified atom stereocenters. The average molecular weight is 291 g/mol. The van der Waals surface area contributed by atoms with Gasteiger partial charge in [-0.15, -0.1) is 0 Å². The summed E-state index contributed by atoms with van der Waals surface area (Å²) in [5, 5.41) is 3.53. The fraction of sp³-hybridized carbons (Fsp3) is 0.684. The van der Waals surface area contributed by atoms with E-state index in [1.165, 1.54) is 30.4 Å². The summed E-state index contributed by atoms with van der Waals surface area (Å²) in [6, 6.07) is 7.16. The highest BCUT2D eigenvalue weighted by Gasteiger charge is 2.08. The maximum absolute atomic E-state index is 6.02. The molecule has 0 heterocycles. The van der Waals surface area contributed by atoms with Gasteiger partial charge in [-0.1, -0.05) is 32.9 Å². The van der Waals surface area contributed by atoms with Crippen LogP contribution < -0.4 is 10.1 Å². The van der Waals surface area contributed by atoms with Crippen molar-refractivity contribution in [3.8, 4) is 5.75 Å². The highest BCUT2D eigenvalue weighted by molar-refractivity contribution is 5.39. The van der Waals surface area contributed by atoms with Crippen LogP contribution in [0.3, 0.4) is 0 Å². The van der Waals surface area contributed by atoms with E-state index in [1.807, 2.05) is 0 Å². The summed E-state index contributed by atoms with van der Waals surface area (Å²) in [7, 11) is 0. The summed E-state index contributed by atoms with van der Waals surface area (Å²) in [6.07, 6.45) is 4.79. The monoisotopic (exact) mass is 291 g/mol. The van der Waals surface area contributed by atoms with Gasteiger partial charge in [0.05, 0.1) is 6.61 Å². The second-order valence-corrected chi connectivity index (χ2v) is 6.40. The van der Waals surface area contributed by atoms with Gasteiger partial charge < -0.3 is 10.1 Å². The van der Waals surface area contributed by atoms with Gasteiger partial charge in [0.15, 0.2) is 0 Å². The minimum atomic E-state index is 0.513. The lowest BCUT2D eigenvalue weighted by molar-refractivity contribution is 0.297. The molecule has 1 N–H and O–H groups in total. The van der Waals surface area contributed by atoms with Crippen LogP contribution in [0.2, 0.25) is 0 Å². The summed E-state index contributed by atoms with van der Waals surface area (Å²) in [5.41, 5.74) is 2.59. The first-order valence-electron chi connectivity index (χ1n) is 8.51. The summed E-state index contributed by atoms with van der Waals surface area (Å²) in [6.45, 7) is 13.0. The summed E-state index contributed by atoms with van der Waals surface area (Å²) in [4.78, 5) is 0. The topological polar surface area (TPSA) is 21.3 Å². The van der Waals surface area contributed by atoms with Gasteiger partial charge in [-0.3, -0.25) is 0 Å². The van der Waals surface area contributed by atoms with Crippen molar-refractivity contribution in [1.29, 1.82) is 0 Å². The van der Waals surface area contributed by atoms with Gasteiger partial charge in [0.1, 0.15) is 5.75 Å². The maximum Gasteiger partial charge on any atom is 0.122 e. The van der Waals surface area contributed by atoms with Crippen molar-refractivity contribution in [3.05, 3.63) is 29.3 Å². The molecular formula is C19H33NO. The Labute approximate surface area is 131 Å². The third kappa shape index (κ3) is 6.99. The fourth-order valence-electron chi connectivity index (χ4n) is 2.47. The van der Waals surface area contributed by atoms with Crippen LogP contribution in [0.4, 0.5) is 0 Å². The average Bonchev–Trinajstić information content (AvgIpc) is 2.44. The number of ether oxygens (including phenoxy) is 1. The molecule has 0 aliphatic carbocycles. The molecule has 1 aromatic rings. The normalized spacial score (nSPS) is 12.7. The molecule has 0 saturated carbocycles. The van der Waals surface area contributed by atoms with Crippen molar-refractivity contribution in [2.24, 2.45) is 0 Å². The zero-order valence-corrected chi connectivity index (χ0v) is 14.5. The largest absolute Gasteiger partial charge is 0.493 e. The molecule has 0 fully saturated rings. The second-order valence-electron chi connectivity index (χ2n) is 6.40. The predicted molar refractivity (Wildman–Crippen MR) is 92.4 cm³/mol. The Balaban J connectivity index is 2.31. The van der Waals surface area contributed by atoms with E-state index in [0.717, 1.165) is 25.3 Å². The Kier molecular flexibility index (Phi) is 8.44. The Morgan fingerprint density at radius 3 is 2.57 bits per heavy atom. The molecule has 2 nitrogen and oxygen atoms in total. The second kappa shape index (κ2) is 9.83. The molecule has 0 radical (unpaired) electrons. The third-order valence-electron chi connectivity index (χ3n) is 3.82. The molecule has 1 rings (SSSR count). The minimum Gasteiger partial charge on any atom is -0.493 e. The molecule has 1 aromatic carbocycles. The van der Waals surface area contributed by atoms with Crippen LogP contribution in [-0.2, 0) is 0 Å². The number of aryl methyl sites for hydroxylation is 1. The van der Waals surface area contributed by atoms with Crippen LogP contribution in [0, 0.1) is 6.92 Å². The third-order valence-corrected chi connectivity index (χ3v) is 3.82. The van der Waals surface area contributed by atoms with Gasteiger partial charge in [-0.2, -0.15) is 0 Å². The number of rotatable bonds is 10. The number of hydrogen-bond acceptors (Lipinski definition) is 2. The van der Waals surface area contributed by atoms with Gasteiger partial charge in [0.2, 0.25) is 0 Å². The van der Waals surface area contributed by atoms with E-state index in [2.05, 4.69) is 58.1 Å². The number of hydrogen-bond donors (Lipinski definition) is 1. The molecule has 120 valence electrons. The van der Waals surface area contributed by atoms with E-state index in [0.29, 0.717) is 12.0 Å². The van der Waals surface area contributed by atoms with Crippen LogP contribution in [-0.4, -0.2) is 19.2 Å². The molecule has 0 aliphatic heterocycles. The van der Waals surface area contributed by atoms with Crippen LogP contribution >= 0.6 is 0 Å². The van der Waals surface area contributed by atoms with E-state index in [4.69, 9.17) is 4.74 Å². The number of benzene rings is 1. The molecule has 0 amide bonds. The smallest absolute Gasteiger partial charge is 0.122 e. The lowest BCUT2D eigenvalue weighted by Gasteiger charge is -2.16. The summed E-state index contributed by atoms with van der Waals surface area (Å²) in [5.74, 6) is 1.58. The molecule has 0 saturated heterocycles. The fourth-order valence-corrected chi connectivity index (χ4v) is 2.47. The van der Waals surface area contributed by atoms with E-state index >= 15 is 0 Å². The zero-order chi connectivity index (χ0) is 15.7. The Hall–Kier alpha value is -1.02. The van der Waals surface area contributed by atoms with Gasteiger partial charge in [-0.25, -0.2) is 0 Å². The van der Waals surface area contributed by atoms with Crippen molar-refractivity contribution < 1.29 is 4.74 Å². The Morgan fingerprint density at radius 2 is 1.90 bits per heavy atom. The van der Waals surface area contributed by atoms with Gasteiger partial charge in [0, 0.05) is 6.04 Å². The van der Waals surface area contributed by atoms with E-state index < -0.39 is 0 Å². The summed E-state index contributed by atoms with van der Waals surface area (Å²) >= 11 is 0. The standard InChI is InChI=1S/C19H33NO/c1-6-12-20-17(5)9-7-8-13-21-19-14-16(4)10-11-18(19)15(2)3/h10-11,14-15,17,20H,6-9,12-13H2,1-5H3. The molecule has 1 atom stereocenters. The maximum atomic E-state index is 6.02. The Bertz CT molecular complexity index is 401. The van der Waals surface area contributed by atoms with Crippen LogP contribution in [0.5, 0.6) is 5.75 Å². The predicted octanol–water partition coefficient (Wildman–Crippen LogP) is 5.06. The quantitative estimate of drug-likeness (QED) is 0.609. The molecule has 0 aromatic heterocycles. The van der Waals surface area contributed by atoms with Gasteiger partial charge in [0.25, 0.3) is 0 Å². The van der Waals surface area contributed by atoms with Crippen molar-refractivity contribution in [2.75, 3.05) is 13.2 Å². The minimum absolute atomic E-state index is 0.513. The lowest BCUT2D eigenvalue weighted by Crippen LogP contribution is -2.26. The van der Waals surface area contributed by atoms with Gasteiger partial charge >= 0.3 is 0 Å². The highest BCUT2D eigenvalue weighted by Crippen LogP contribution is 2.27. The van der Waals surface area contributed by atoms with Gasteiger partial charge in [-0.05, 0) is 69.2 Å². The number of nitrogens with one attached hydrogen (secondary N) is 1. The first-order valence-corrected chi connectivity index (χ1v) is 8.51. The summed E-state index contributed by atoms with van der Waals surface area (Å²) < 4.78 is 6.02. The van der Waals surface area contributed by atoms with E-state index in [1.54, 1.807) is 0 Å². The zero-order valence-electron chi connectivity index (χ0n) is 14.5. The van der Waals surface area contributed by atoms with Crippen molar-refractivity contribution in [1.82, 2.24) is 5.32 Å². The highest BCUT2D eigenvalue weighted by atomic mass is 16.5. The van der Waals surface area contributed by atoms with Crippen LogP contribution in [0.25, 0.3) is 0 Å². The molecule has 0 aliphatic rings. The number of unbranched alkanes of at least 4 members (excludes halogenated alkanes) is 1. The molecular weight excluding hydrogens is 258 g/mol.